The number of nitrogens with one attached hydrogen (secondary N) is 2. The highest BCUT2D eigenvalue weighted by Crippen LogP contribution is 2.26. The van der Waals surface area contributed by atoms with Crippen LogP contribution in [0.2, 0.25) is 0 Å². The second-order valence-corrected chi connectivity index (χ2v) is 7.18. The Morgan fingerprint density at radius 1 is 1.27 bits per heavy atom. The highest BCUT2D eigenvalue weighted by Gasteiger charge is 2.19. The number of carbonyl (C=O) groups is 1. The monoisotopic (exact) mass is 369 g/mol. The van der Waals surface area contributed by atoms with Crippen LogP contribution in [-0.2, 0) is 11.3 Å². The van der Waals surface area contributed by atoms with E-state index in [9.17, 15) is 9.18 Å². The Kier molecular flexibility index (Phi) is 4.34. The molecule has 0 aliphatic rings. The molecule has 0 saturated carbocycles. The third-order valence-electron chi connectivity index (χ3n) is 4.04. The molecule has 6 nitrogen and oxygen atoms in total. The zero-order valence-electron chi connectivity index (χ0n) is 13.9. The number of aromatic nitrogens is 4. The van der Waals surface area contributed by atoms with Gasteiger partial charge in [-0.15, -0.1) is 5.10 Å². The molecule has 0 bridgehead atoms. The number of hydrogen-bond donors (Lipinski definition) is 2. The first-order valence-electron chi connectivity index (χ1n) is 8.12. The number of aromatic amines is 1. The minimum Gasteiger partial charge on any atom is -0.351 e. The lowest BCUT2D eigenvalue weighted by molar-refractivity contribution is -0.120. The lowest BCUT2D eigenvalue weighted by Crippen LogP contribution is -2.30. The van der Waals surface area contributed by atoms with Gasteiger partial charge < -0.3 is 5.32 Å². The van der Waals surface area contributed by atoms with E-state index in [1.165, 1.54) is 23.9 Å². The van der Waals surface area contributed by atoms with E-state index >= 15 is 0 Å². The van der Waals surface area contributed by atoms with Crippen molar-refractivity contribution < 1.29 is 9.18 Å². The van der Waals surface area contributed by atoms with Gasteiger partial charge in [0.1, 0.15) is 5.82 Å². The lowest BCUT2D eigenvalue weighted by Gasteiger charge is -2.11. The van der Waals surface area contributed by atoms with Gasteiger partial charge in [0.25, 0.3) is 0 Å². The average Bonchev–Trinajstić information content (AvgIpc) is 3.20. The molecular weight excluding hydrogens is 353 g/mol. The Hall–Kier alpha value is -2.87. The minimum absolute atomic E-state index is 0.111. The Morgan fingerprint density at radius 2 is 2.04 bits per heavy atom. The van der Waals surface area contributed by atoms with E-state index < -0.39 is 0 Å². The molecule has 132 valence electrons. The molecule has 0 radical (unpaired) electrons. The van der Waals surface area contributed by atoms with E-state index in [2.05, 4.69) is 20.5 Å². The summed E-state index contributed by atoms with van der Waals surface area (Å²) in [5.74, 6) is 0.242. The number of hydrogen-bond acceptors (Lipinski definition) is 4. The van der Waals surface area contributed by atoms with E-state index in [0.717, 1.165) is 16.6 Å². The number of thioether (sulfide) groups is 1. The Morgan fingerprint density at radius 3 is 2.85 bits per heavy atom. The fourth-order valence-electron chi connectivity index (χ4n) is 2.67. The Bertz CT molecular complexity index is 1070. The fourth-order valence-corrected chi connectivity index (χ4v) is 3.56. The molecule has 2 aromatic carbocycles. The number of para-hydroxylation sites is 2. The molecule has 4 rings (SSSR count). The van der Waals surface area contributed by atoms with Gasteiger partial charge in [-0.1, -0.05) is 36.0 Å². The molecule has 0 aliphatic heterocycles. The van der Waals surface area contributed by atoms with Crippen molar-refractivity contribution in [1.82, 2.24) is 24.9 Å². The average molecular weight is 369 g/mol. The minimum atomic E-state index is -0.344. The topological polar surface area (TPSA) is 75.1 Å². The van der Waals surface area contributed by atoms with Gasteiger partial charge in [-0.25, -0.2) is 14.5 Å². The molecule has 0 fully saturated rings. The summed E-state index contributed by atoms with van der Waals surface area (Å²) in [5.41, 5.74) is 2.66. The van der Waals surface area contributed by atoms with Crippen molar-refractivity contribution in [2.24, 2.45) is 0 Å². The van der Waals surface area contributed by atoms with Crippen LogP contribution >= 0.6 is 11.8 Å². The van der Waals surface area contributed by atoms with Crippen LogP contribution in [0.4, 0.5) is 4.39 Å². The fraction of sp³-hybridized carbons (Fsp3) is 0.167. The molecule has 0 saturated heterocycles. The maximum atomic E-state index is 12.9. The van der Waals surface area contributed by atoms with Crippen LogP contribution in [0, 0.1) is 5.82 Å². The predicted octanol–water partition coefficient (Wildman–Crippen LogP) is 3.15. The van der Waals surface area contributed by atoms with Gasteiger partial charge in [0.2, 0.25) is 11.7 Å². The predicted molar refractivity (Wildman–Crippen MR) is 98.4 cm³/mol. The molecule has 2 heterocycles. The van der Waals surface area contributed by atoms with Crippen molar-refractivity contribution in [3.05, 3.63) is 59.9 Å². The number of benzene rings is 2. The van der Waals surface area contributed by atoms with E-state index in [0.29, 0.717) is 17.5 Å². The molecule has 0 spiro atoms. The normalized spacial score (nSPS) is 12.5. The molecule has 0 aliphatic carbocycles. The first kappa shape index (κ1) is 16.6. The zero-order chi connectivity index (χ0) is 18.1. The van der Waals surface area contributed by atoms with Crippen LogP contribution in [0.25, 0.3) is 16.8 Å². The zero-order valence-corrected chi connectivity index (χ0v) is 14.8. The van der Waals surface area contributed by atoms with Crippen LogP contribution in [0.5, 0.6) is 0 Å². The van der Waals surface area contributed by atoms with Gasteiger partial charge in [-0.05, 0) is 36.8 Å². The molecule has 1 amide bonds. The van der Waals surface area contributed by atoms with Gasteiger partial charge in [-0.3, -0.25) is 9.20 Å². The number of halogens is 1. The second kappa shape index (κ2) is 6.80. The first-order chi connectivity index (χ1) is 12.6. The smallest absolute Gasteiger partial charge is 0.233 e. The van der Waals surface area contributed by atoms with Crippen molar-refractivity contribution in [3.63, 3.8) is 0 Å². The summed E-state index contributed by atoms with van der Waals surface area (Å²) in [4.78, 5) is 16.9. The van der Waals surface area contributed by atoms with Crippen molar-refractivity contribution >= 4 is 34.5 Å². The van der Waals surface area contributed by atoms with Crippen molar-refractivity contribution in [2.45, 2.75) is 23.9 Å². The molecular formula is C18H16FN5OS. The first-order valence-corrected chi connectivity index (χ1v) is 9.00. The summed E-state index contributed by atoms with van der Waals surface area (Å²) in [7, 11) is 0. The second-order valence-electron chi connectivity index (χ2n) is 5.87. The van der Waals surface area contributed by atoms with Crippen molar-refractivity contribution in [2.75, 3.05) is 0 Å². The van der Waals surface area contributed by atoms with E-state index in [1.54, 1.807) is 12.1 Å². The summed E-state index contributed by atoms with van der Waals surface area (Å²) >= 11 is 1.35. The van der Waals surface area contributed by atoms with Crippen LogP contribution in [0.1, 0.15) is 12.5 Å². The number of nitrogens with zero attached hydrogens (tertiary/aromatic N) is 3. The van der Waals surface area contributed by atoms with E-state index in [4.69, 9.17) is 0 Å². The summed E-state index contributed by atoms with van der Waals surface area (Å²) in [5, 5.41) is 10.4. The van der Waals surface area contributed by atoms with Crippen LogP contribution in [-0.4, -0.2) is 30.7 Å². The maximum Gasteiger partial charge on any atom is 0.233 e. The van der Waals surface area contributed by atoms with Gasteiger partial charge in [0, 0.05) is 6.54 Å². The Balaban J connectivity index is 1.47. The molecule has 1 atom stereocenters. The van der Waals surface area contributed by atoms with Crippen molar-refractivity contribution in [3.8, 4) is 0 Å². The molecule has 1 unspecified atom stereocenters. The third-order valence-corrected chi connectivity index (χ3v) is 5.09. The highest BCUT2D eigenvalue weighted by atomic mass is 32.2. The molecule has 26 heavy (non-hydrogen) atoms. The van der Waals surface area contributed by atoms with Gasteiger partial charge in [0.15, 0.2) is 5.16 Å². The van der Waals surface area contributed by atoms with Crippen LogP contribution in [0.3, 0.4) is 0 Å². The van der Waals surface area contributed by atoms with Gasteiger partial charge in [0.05, 0.1) is 16.3 Å². The number of rotatable bonds is 5. The highest BCUT2D eigenvalue weighted by molar-refractivity contribution is 8.00. The number of imidazole rings is 1. The standard InChI is InChI=1S/C18H16FN5OS/c1-11(16(25)20-10-12-6-8-13(19)9-7-12)26-18-23-22-17-21-14-4-2-3-5-15(14)24(17)18/h2-9,11H,10H2,1H3,(H,20,25)(H,21,22). The summed E-state index contributed by atoms with van der Waals surface area (Å²) < 4.78 is 14.8. The maximum absolute atomic E-state index is 12.9. The summed E-state index contributed by atoms with van der Waals surface area (Å²) in [6.07, 6.45) is 0. The number of carbonyl (C=O) groups excluding carboxylic acids is 1. The molecule has 2 N–H and O–H groups in total. The van der Waals surface area contributed by atoms with E-state index in [-0.39, 0.29) is 17.0 Å². The van der Waals surface area contributed by atoms with Crippen molar-refractivity contribution in [1.29, 1.82) is 0 Å². The molecule has 4 aromatic rings. The number of H-pyrrole nitrogens is 1. The van der Waals surface area contributed by atoms with Crippen LogP contribution < -0.4 is 5.32 Å². The SMILES string of the molecule is CC(Sc1n[nH]c2nc3ccccc3n12)C(=O)NCc1ccc(F)cc1. The molecule has 8 heteroatoms. The summed E-state index contributed by atoms with van der Waals surface area (Å²) in [6, 6.07) is 13.8. The molecule has 2 aromatic heterocycles. The quantitative estimate of drug-likeness (QED) is 0.530. The number of fused-ring (bicyclic) bond motifs is 3. The summed E-state index contributed by atoms with van der Waals surface area (Å²) in [6.45, 7) is 2.18. The van der Waals surface area contributed by atoms with E-state index in [1.807, 2.05) is 35.6 Å². The largest absolute Gasteiger partial charge is 0.351 e. The number of amides is 1. The van der Waals surface area contributed by atoms with Gasteiger partial charge >= 0.3 is 0 Å². The lowest BCUT2D eigenvalue weighted by atomic mass is 10.2. The van der Waals surface area contributed by atoms with Crippen LogP contribution in [0.15, 0.2) is 53.7 Å². The van der Waals surface area contributed by atoms with Gasteiger partial charge in [-0.2, -0.15) is 0 Å². The Labute approximate surface area is 152 Å². The third kappa shape index (κ3) is 3.15.